The van der Waals surface area contributed by atoms with Crippen LogP contribution in [0.15, 0.2) is 18.3 Å². The van der Waals surface area contributed by atoms with Gasteiger partial charge < -0.3 is 10.4 Å². The molecule has 0 radical (unpaired) electrons. The van der Waals surface area contributed by atoms with Gasteiger partial charge in [0.15, 0.2) is 17.5 Å². The summed E-state index contributed by atoms with van der Waals surface area (Å²) in [6.07, 6.45) is 2.64. The van der Waals surface area contributed by atoms with Crippen LogP contribution >= 0.6 is 11.3 Å². The van der Waals surface area contributed by atoms with E-state index in [0.29, 0.717) is 12.5 Å². The molecule has 23 heavy (non-hydrogen) atoms. The van der Waals surface area contributed by atoms with Crippen LogP contribution in [0.4, 0.5) is 13.2 Å². The summed E-state index contributed by atoms with van der Waals surface area (Å²) in [5, 5.41) is 13.5. The van der Waals surface area contributed by atoms with Crippen molar-refractivity contribution in [1.29, 1.82) is 0 Å². The number of hydrogen-bond acceptors (Lipinski definition) is 4. The molecule has 3 nitrogen and oxygen atoms in total. The van der Waals surface area contributed by atoms with Gasteiger partial charge in [-0.15, -0.1) is 11.3 Å². The molecule has 0 aliphatic carbocycles. The van der Waals surface area contributed by atoms with Crippen molar-refractivity contribution in [2.75, 3.05) is 6.61 Å². The molecule has 0 saturated carbocycles. The Bertz CT molecular complexity index is 638. The first-order valence-electron chi connectivity index (χ1n) is 7.33. The second kappa shape index (κ2) is 7.90. The first-order valence-corrected chi connectivity index (χ1v) is 8.14. The zero-order chi connectivity index (χ0) is 17.0. The second-order valence-electron chi connectivity index (χ2n) is 5.73. The van der Waals surface area contributed by atoms with Gasteiger partial charge in [-0.25, -0.2) is 18.2 Å². The van der Waals surface area contributed by atoms with Crippen molar-refractivity contribution in [1.82, 2.24) is 10.3 Å². The van der Waals surface area contributed by atoms with E-state index in [-0.39, 0.29) is 12.2 Å². The molecule has 1 aromatic heterocycles. The Kier molecular flexibility index (Phi) is 6.15. The van der Waals surface area contributed by atoms with Crippen molar-refractivity contribution >= 4 is 11.3 Å². The number of hydrogen-bond donors (Lipinski definition) is 2. The average Bonchev–Trinajstić information content (AvgIpc) is 2.92. The maximum absolute atomic E-state index is 13.3. The van der Waals surface area contributed by atoms with E-state index in [1.165, 1.54) is 0 Å². The molecular weight excluding hydrogens is 325 g/mol. The molecule has 0 saturated heterocycles. The average molecular weight is 344 g/mol. The van der Waals surface area contributed by atoms with Crippen LogP contribution in [-0.4, -0.2) is 16.7 Å². The Morgan fingerprint density at radius 3 is 2.43 bits per heavy atom. The van der Waals surface area contributed by atoms with Crippen molar-refractivity contribution in [3.8, 4) is 0 Å². The number of aliphatic hydroxyl groups excluding tert-OH is 1. The molecule has 2 N–H and O–H groups in total. The largest absolute Gasteiger partial charge is 0.394 e. The maximum atomic E-state index is 13.3. The number of nitrogens with one attached hydrogen (secondary N) is 1. The second-order valence-corrected chi connectivity index (χ2v) is 6.93. The van der Waals surface area contributed by atoms with Crippen molar-refractivity contribution in [2.24, 2.45) is 5.92 Å². The van der Waals surface area contributed by atoms with Gasteiger partial charge in [-0.05, 0) is 23.6 Å². The third kappa shape index (κ3) is 4.76. The normalized spacial score (nSPS) is 12.8. The fourth-order valence-electron chi connectivity index (χ4n) is 2.16. The topological polar surface area (TPSA) is 45.2 Å². The van der Waals surface area contributed by atoms with Crippen LogP contribution in [0, 0.1) is 23.4 Å². The predicted molar refractivity (Wildman–Crippen MR) is 83.6 cm³/mol. The van der Waals surface area contributed by atoms with Crippen molar-refractivity contribution in [3.63, 3.8) is 0 Å². The van der Waals surface area contributed by atoms with E-state index in [9.17, 15) is 18.3 Å². The van der Waals surface area contributed by atoms with Crippen molar-refractivity contribution in [2.45, 2.75) is 32.9 Å². The zero-order valence-corrected chi connectivity index (χ0v) is 13.8. The third-order valence-corrected chi connectivity index (χ3v) is 4.32. The summed E-state index contributed by atoms with van der Waals surface area (Å²) in [6.45, 7) is 4.27. The number of halogens is 3. The number of nitrogens with zero attached hydrogens (tertiary/aromatic N) is 1. The number of thiazole rings is 1. The summed E-state index contributed by atoms with van der Waals surface area (Å²) in [7, 11) is 0. The lowest BCUT2D eigenvalue weighted by molar-refractivity contribution is 0.243. The third-order valence-electron chi connectivity index (χ3n) is 3.30. The molecule has 0 aliphatic heterocycles. The van der Waals surface area contributed by atoms with Crippen molar-refractivity contribution < 1.29 is 18.3 Å². The molecule has 0 amide bonds. The highest BCUT2D eigenvalue weighted by molar-refractivity contribution is 7.11. The smallest absolute Gasteiger partial charge is 0.194 e. The zero-order valence-electron chi connectivity index (χ0n) is 12.9. The summed E-state index contributed by atoms with van der Waals surface area (Å²) in [6, 6.07) is 1.10. The first-order chi connectivity index (χ1) is 10.9. The summed E-state index contributed by atoms with van der Waals surface area (Å²) >= 11 is 1.55. The molecule has 0 spiro atoms. The van der Waals surface area contributed by atoms with Crippen molar-refractivity contribution in [3.05, 3.63) is 51.2 Å². The molecule has 2 rings (SSSR count). The van der Waals surface area contributed by atoms with Gasteiger partial charge in [0.05, 0.1) is 17.7 Å². The molecule has 7 heteroatoms. The van der Waals surface area contributed by atoms with Gasteiger partial charge in [0.2, 0.25) is 0 Å². The number of benzene rings is 1. The Balaban J connectivity index is 2.04. The van der Waals surface area contributed by atoms with E-state index >= 15 is 0 Å². The van der Waals surface area contributed by atoms with Gasteiger partial charge >= 0.3 is 0 Å². The Morgan fingerprint density at radius 2 is 1.87 bits per heavy atom. The number of aliphatic hydroxyl groups is 1. The SMILES string of the molecule is CC(C)Cc1ncc(CNC(CO)c2cc(F)c(F)c(F)c2)s1. The predicted octanol–water partition coefficient (Wildman–Crippen LogP) is 3.58. The Labute approximate surface area is 137 Å². The number of aromatic nitrogens is 1. The maximum Gasteiger partial charge on any atom is 0.194 e. The highest BCUT2D eigenvalue weighted by Gasteiger charge is 2.17. The van der Waals surface area contributed by atoms with Crippen LogP contribution in [-0.2, 0) is 13.0 Å². The van der Waals surface area contributed by atoms with Gasteiger partial charge in [-0.3, -0.25) is 0 Å². The van der Waals surface area contributed by atoms with Gasteiger partial charge in [0, 0.05) is 24.0 Å². The highest BCUT2D eigenvalue weighted by atomic mass is 32.1. The van der Waals surface area contributed by atoms with E-state index in [0.717, 1.165) is 28.4 Å². The van der Waals surface area contributed by atoms with E-state index in [2.05, 4.69) is 24.1 Å². The lowest BCUT2D eigenvalue weighted by atomic mass is 10.1. The van der Waals surface area contributed by atoms with Crippen LogP contribution < -0.4 is 5.32 Å². The molecule has 0 aliphatic rings. The summed E-state index contributed by atoms with van der Waals surface area (Å²) < 4.78 is 39.6. The van der Waals surface area contributed by atoms with E-state index in [4.69, 9.17) is 0 Å². The van der Waals surface area contributed by atoms with Crippen LogP contribution in [0.5, 0.6) is 0 Å². The van der Waals surface area contributed by atoms with Crippen LogP contribution in [0.3, 0.4) is 0 Å². The highest BCUT2D eigenvalue weighted by Crippen LogP contribution is 2.21. The fourth-order valence-corrected chi connectivity index (χ4v) is 3.25. The Hall–Kier alpha value is -1.44. The minimum atomic E-state index is -1.51. The van der Waals surface area contributed by atoms with Crippen LogP contribution in [0.1, 0.15) is 35.3 Å². The lowest BCUT2D eigenvalue weighted by Crippen LogP contribution is -2.24. The van der Waals surface area contributed by atoms with E-state index in [1.54, 1.807) is 17.5 Å². The van der Waals surface area contributed by atoms with Crippen LogP contribution in [0.2, 0.25) is 0 Å². The number of rotatable bonds is 7. The fraction of sp³-hybridized carbons (Fsp3) is 0.438. The van der Waals surface area contributed by atoms with E-state index < -0.39 is 23.5 Å². The molecular formula is C16H19F3N2OS. The molecule has 1 aromatic carbocycles. The summed E-state index contributed by atoms with van der Waals surface area (Å²) in [4.78, 5) is 5.28. The molecule has 1 heterocycles. The monoisotopic (exact) mass is 344 g/mol. The quantitative estimate of drug-likeness (QED) is 0.755. The molecule has 1 unspecified atom stereocenters. The minimum Gasteiger partial charge on any atom is -0.394 e. The summed E-state index contributed by atoms with van der Waals surface area (Å²) in [5.74, 6) is -3.53. The van der Waals surface area contributed by atoms with Gasteiger partial charge in [0.25, 0.3) is 0 Å². The van der Waals surface area contributed by atoms with Crippen LogP contribution in [0.25, 0.3) is 0 Å². The van der Waals surface area contributed by atoms with Gasteiger partial charge in [-0.1, -0.05) is 13.8 Å². The molecule has 126 valence electrons. The van der Waals surface area contributed by atoms with Gasteiger partial charge in [-0.2, -0.15) is 0 Å². The molecule has 0 fully saturated rings. The summed E-state index contributed by atoms with van der Waals surface area (Å²) in [5.41, 5.74) is 0.163. The van der Waals surface area contributed by atoms with E-state index in [1.807, 2.05) is 0 Å². The molecule has 0 bridgehead atoms. The molecule has 1 atom stereocenters. The minimum absolute atomic E-state index is 0.163. The lowest BCUT2D eigenvalue weighted by Gasteiger charge is -2.16. The molecule has 2 aromatic rings. The van der Waals surface area contributed by atoms with Gasteiger partial charge in [0.1, 0.15) is 0 Å². The standard InChI is InChI=1S/C16H19F3N2OS/c1-9(2)3-15-21-7-11(23-15)6-20-14(8-22)10-4-12(17)16(19)13(18)5-10/h4-5,7,9,14,20,22H,3,6,8H2,1-2H3. The first kappa shape index (κ1) is 17.9. The Morgan fingerprint density at radius 1 is 1.22 bits per heavy atom.